The molecule has 0 N–H and O–H groups in total. The molecule has 20 aromatic rings. The van der Waals surface area contributed by atoms with Gasteiger partial charge in [0, 0.05) is 102 Å². The van der Waals surface area contributed by atoms with Crippen LogP contribution in [0.2, 0.25) is 0 Å². The third-order valence-electron chi connectivity index (χ3n) is 18.9. The summed E-state index contributed by atoms with van der Waals surface area (Å²) >= 11 is 0. The number of aromatic nitrogens is 12. The highest BCUT2D eigenvalue weighted by molar-refractivity contribution is 6.11. The van der Waals surface area contributed by atoms with E-state index in [4.69, 9.17) is 24.9 Å². The lowest BCUT2D eigenvalue weighted by Gasteiger charge is -2.11. The Morgan fingerprint density at radius 2 is 0.556 bits per heavy atom. The van der Waals surface area contributed by atoms with Gasteiger partial charge >= 0.3 is 0 Å². The molecule has 516 valence electrons. The molecule has 0 aliphatic rings. The van der Waals surface area contributed by atoms with Gasteiger partial charge in [-0.1, -0.05) is 103 Å². The maximum absolute atomic E-state index is 14.1. The van der Waals surface area contributed by atoms with E-state index in [9.17, 15) is 26.3 Å². The molecule has 0 aliphatic heterocycles. The molecule has 0 radical (unpaired) electrons. The van der Waals surface area contributed by atoms with Crippen LogP contribution in [-0.2, 0) is 0 Å². The molecule has 0 saturated heterocycles. The van der Waals surface area contributed by atoms with Gasteiger partial charge in [0.05, 0.1) is 55.9 Å². The Labute approximate surface area is 611 Å². The molecule has 0 saturated carbocycles. The minimum Gasteiger partial charge on any atom is -0.309 e. The molecule has 0 bridgehead atoms. The number of hydrogen-bond donors (Lipinski definition) is 0. The number of fused-ring (bicyclic) bond motifs is 10. The standard InChI is InChI=1S/C33H20F2N4.C32H19F2N5.C25H15F2N3/c34-23-11-15-31-26(18-23)27-19-24(35)12-16-32(27)39(31)25-13-9-21(10-14-25)29-20-30(28-8-4-5-17-36-28)38-33(37-29)22-6-2-1-3-7-22;33-22-11-15-28-25(18-22)26-19-23(34)12-16-29(26)39(28)24-13-9-21(10-14-24)31-36-30(20-6-2-1-3-7-20)37-32(38-31)27-8-4-5-17-35-27;26-17-6-10-23-20(13-17)21-14-18(27)7-11-24(21)30(23)19-8-4-16(5-9-19)22-15-29-12-2-1-3-25(29)28-22/h1-20H;1-19H;1-15H. The highest BCUT2D eigenvalue weighted by atomic mass is 19.1. The van der Waals surface area contributed by atoms with Crippen LogP contribution >= 0.6 is 0 Å². The van der Waals surface area contributed by atoms with Crippen LogP contribution in [0.5, 0.6) is 0 Å². The summed E-state index contributed by atoms with van der Waals surface area (Å²) < 4.78 is 92.2. The average Bonchev–Trinajstić information content (AvgIpc) is 1.61. The van der Waals surface area contributed by atoms with Crippen LogP contribution in [0.4, 0.5) is 26.3 Å². The highest BCUT2D eigenvalue weighted by Crippen LogP contribution is 2.39. The van der Waals surface area contributed by atoms with E-state index >= 15 is 0 Å². The van der Waals surface area contributed by atoms with Crippen molar-refractivity contribution >= 4 is 71.1 Å². The monoisotopic (exact) mass is 1420 g/mol. The molecular weight excluding hydrogens is 1360 g/mol. The van der Waals surface area contributed by atoms with Crippen molar-refractivity contribution in [3.05, 3.63) is 363 Å². The summed E-state index contributed by atoms with van der Waals surface area (Å²) in [7, 11) is 0. The SMILES string of the molecule is Fc1ccc2c(c1)c1cc(F)ccc1n2-c1ccc(-c2cc(-c3ccccn3)nc(-c3ccccc3)n2)cc1.Fc1ccc2c(c1)c1cc(F)ccc1n2-c1ccc(-c2cn3ccccc3n2)cc1.Fc1ccc2c(c1)c1cc(F)ccc1n2-c1ccc(-c2nc(-c3ccccc3)nc(-c3ccccn3)n2)cc1. The van der Waals surface area contributed by atoms with Crippen LogP contribution in [0.3, 0.4) is 0 Å². The van der Waals surface area contributed by atoms with Crippen molar-refractivity contribution in [2.45, 2.75) is 0 Å². The highest BCUT2D eigenvalue weighted by Gasteiger charge is 2.21. The second-order valence-corrected chi connectivity index (χ2v) is 25.6. The normalized spacial score (nSPS) is 11.4. The van der Waals surface area contributed by atoms with Crippen LogP contribution in [0.15, 0.2) is 328 Å². The lowest BCUT2D eigenvalue weighted by atomic mass is 10.1. The van der Waals surface area contributed by atoms with Gasteiger partial charge in [-0.3, -0.25) is 9.97 Å². The van der Waals surface area contributed by atoms with Gasteiger partial charge in [0.25, 0.3) is 0 Å². The summed E-state index contributed by atoms with van der Waals surface area (Å²) in [4.78, 5) is 37.5. The Balaban J connectivity index is 0.000000115. The fourth-order valence-corrected chi connectivity index (χ4v) is 13.9. The zero-order chi connectivity index (χ0) is 72.9. The van der Waals surface area contributed by atoms with E-state index in [1.54, 1.807) is 48.8 Å². The first-order valence-corrected chi connectivity index (χ1v) is 34.5. The molecular formula is C90H54F6N12. The lowest BCUT2D eigenvalue weighted by Crippen LogP contribution is -2.01. The predicted molar refractivity (Wildman–Crippen MR) is 413 cm³/mol. The first-order valence-electron chi connectivity index (χ1n) is 34.5. The minimum absolute atomic E-state index is 0.340. The van der Waals surface area contributed by atoms with E-state index in [0.29, 0.717) is 61.3 Å². The number of imidazole rings is 1. The van der Waals surface area contributed by atoms with Gasteiger partial charge in [0.15, 0.2) is 23.3 Å². The Kier molecular flexibility index (Phi) is 16.7. The van der Waals surface area contributed by atoms with E-state index in [-0.39, 0.29) is 34.9 Å². The van der Waals surface area contributed by atoms with E-state index in [0.717, 1.165) is 106 Å². The molecule has 0 aliphatic carbocycles. The van der Waals surface area contributed by atoms with Gasteiger partial charge in [-0.2, -0.15) is 0 Å². The van der Waals surface area contributed by atoms with Crippen molar-refractivity contribution in [2.24, 2.45) is 0 Å². The molecule has 20 rings (SSSR count). The van der Waals surface area contributed by atoms with Crippen molar-refractivity contribution in [1.82, 2.24) is 58.0 Å². The number of nitrogens with zero attached hydrogens (tertiary/aromatic N) is 12. The summed E-state index contributed by atoms with van der Waals surface area (Å²) in [6.07, 6.45) is 7.42. The molecule has 9 aromatic heterocycles. The lowest BCUT2D eigenvalue weighted by molar-refractivity contribution is 0.628. The summed E-state index contributed by atoms with van der Waals surface area (Å²) in [6, 6.07) is 90.2. The third-order valence-corrected chi connectivity index (χ3v) is 18.9. The fraction of sp³-hybridized carbons (Fsp3) is 0. The largest absolute Gasteiger partial charge is 0.309 e. The zero-order valence-corrected chi connectivity index (χ0v) is 56.8. The van der Waals surface area contributed by atoms with Crippen LogP contribution in [0, 0.1) is 34.9 Å². The number of benzene rings is 11. The summed E-state index contributed by atoms with van der Waals surface area (Å²) in [5.74, 6) is 0.0352. The first-order chi connectivity index (χ1) is 52.9. The minimum atomic E-state index is -0.367. The van der Waals surface area contributed by atoms with Gasteiger partial charge in [-0.25, -0.2) is 56.2 Å². The van der Waals surface area contributed by atoms with E-state index < -0.39 is 0 Å². The average molecular weight is 1420 g/mol. The third kappa shape index (κ3) is 12.5. The number of hydrogen-bond acceptors (Lipinski definition) is 8. The molecule has 18 heteroatoms. The molecule has 0 spiro atoms. The predicted octanol–water partition coefficient (Wildman–Crippen LogP) is 22.3. The summed E-state index contributed by atoms with van der Waals surface area (Å²) in [6.45, 7) is 0. The maximum atomic E-state index is 14.1. The van der Waals surface area contributed by atoms with E-state index in [2.05, 4.69) is 15.0 Å². The Morgan fingerprint density at radius 1 is 0.222 bits per heavy atom. The Bertz CT molecular complexity index is 6180. The molecule has 0 unspecified atom stereocenters. The number of rotatable bonds is 10. The van der Waals surface area contributed by atoms with Gasteiger partial charge in [0.2, 0.25) is 0 Å². The quantitative estimate of drug-likeness (QED) is 0.124. The fourth-order valence-electron chi connectivity index (χ4n) is 13.9. The van der Waals surface area contributed by atoms with Crippen molar-refractivity contribution < 1.29 is 26.3 Å². The van der Waals surface area contributed by atoms with Crippen LogP contribution in [0.25, 0.3) is 168 Å². The number of halogens is 6. The Morgan fingerprint density at radius 3 is 0.944 bits per heavy atom. The Hall–Kier alpha value is -14.5. The molecule has 9 heterocycles. The molecule has 0 amide bonds. The van der Waals surface area contributed by atoms with Crippen LogP contribution in [0.1, 0.15) is 0 Å². The smallest absolute Gasteiger partial charge is 0.182 e. The van der Waals surface area contributed by atoms with Crippen molar-refractivity contribution in [2.75, 3.05) is 0 Å². The molecule has 0 atom stereocenters. The van der Waals surface area contributed by atoms with Crippen LogP contribution in [-0.4, -0.2) is 58.0 Å². The van der Waals surface area contributed by atoms with Gasteiger partial charge < -0.3 is 18.1 Å². The molecule has 0 fully saturated rings. The van der Waals surface area contributed by atoms with E-state index in [1.165, 1.54) is 72.8 Å². The zero-order valence-electron chi connectivity index (χ0n) is 56.8. The van der Waals surface area contributed by atoms with Crippen molar-refractivity contribution in [3.8, 4) is 96.6 Å². The van der Waals surface area contributed by atoms with Crippen molar-refractivity contribution in [3.63, 3.8) is 0 Å². The summed E-state index contributed by atoms with van der Waals surface area (Å²) in [5, 5.41) is 4.01. The van der Waals surface area contributed by atoms with Gasteiger partial charge in [-0.15, -0.1) is 0 Å². The van der Waals surface area contributed by atoms with Crippen molar-refractivity contribution in [1.29, 1.82) is 0 Å². The van der Waals surface area contributed by atoms with Gasteiger partial charge in [-0.05, 0) is 200 Å². The second kappa shape index (κ2) is 27.6. The number of pyridine rings is 3. The van der Waals surface area contributed by atoms with Gasteiger partial charge in [0.1, 0.15) is 46.2 Å². The topological polar surface area (TPSA) is 122 Å². The molecule has 11 aromatic carbocycles. The first kappa shape index (κ1) is 65.5. The van der Waals surface area contributed by atoms with Crippen LogP contribution < -0.4 is 0 Å². The van der Waals surface area contributed by atoms with E-state index in [1.807, 2.05) is 225 Å². The molecule has 12 nitrogen and oxygen atoms in total. The second-order valence-electron chi connectivity index (χ2n) is 25.6. The maximum Gasteiger partial charge on any atom is 0.182 e. The summed E-state index contributed by atoms with van der Waals surface area (Å²) in [5.41, 5.74) is 16.7. The molecule has 108 heavy (non-hydrogen) atoms.